The van der Waals surface area contributed by atoms with Gasteiger partial charge in [-0.15, -0.1) is 0 Å². The zero-order valence-electron chi connectivity index (χ0n) is 13.3. The van der Waals surface area contributed by atoms with Crippen molar-refractivity contribution in [2.75, 3.05) is 0 Å². The summed E-state index contributed by atoms with van der Waals surface area (Å²) in [5.41, 5.74) is 1.36. The molecule has 0 aromatic heterocycles. The Balaban J connectivity index is 2.41. The van der Waals surface area contributed by atoms with Crippen LogP contribution in [-0.2, 0) is 16.5 Å². The first kappa shape index (κ1) is 18.2. The van der Waals surface area contributed by atoms with E-state index < -0.39 is 10.1 Å². The molecule has 0 aliphatic carbocycles. The summed E-state index contributed by atoms with van der Waals surface area (Å²) in [7, 11) is -4.12. The second-order valence-electron chi connectivity index (χ2n) is 5.76. The normalized spacial score (nSPS) is 11.8. The Hall–Kier alpha value is -0.870. The van der Waals surface area contributed by atoms with Gasteiger partial charge in [0.05, 0.1) is 4.90 Å². The largest absolute Gasteiger partial charge is 0.295 e. The van der Waals surface area contributed by atoms with Gasteiger partial charge in [0.15, 0.2) is 0 Å². The van der Waals surface area contributed by atoms with Crippen LogP contribution in [-0.4, -0.2) is 13.0 Å². The Kier molecular flexibility index (Phi) is 7.97. The molecule has 4 heteroatoms. The quantitative estimate of drug-likeness (QED) is 0.492. The van der Waals surface area contributed by atoms with Crippen LogP contribution in [0.2, 0.25) is 0 Å². The van der Waals surface area contributed by atoms with Crippen LogP contribution >= 0.6 is 0 Å². The zero-order chi connectivity index (χ0) is 15.7. The van der Waals surface area contributed by atoms with Crippen molar-refractivity contribution in [2.45, 2.75) is 76.5 Å². The highest BCUT2D eigenvalue weighted by Gasteiger charge is 2.17. The van der Waals surface area contributed by atoms with Crippen LogP contribution in [0.15, 0.2) is 23.1 Å². The van der Waals surface area contributed by atoms with E-state index in [-0.39, 0.29) is 4.90 Å². The number of hydrogen-bond donors (Lipinski definition) is 1. The second kappa shape index (κ2) is 9.21. The van der Waals surface area contributed by atoms with Crippen LogP contribution in [0.5, 0.6) is 0 Å². The van der Waals surface area contributed by atoms with Crippen LogP contribution < -0.4 is 0 Å². The highest BCUT2D eigenvalue weighted by atomic mass is 32.2. The molecule has 0 fully saturated rings. The Labute approximate surface area is 129 Å². The number of aryl methyl sites for hydroxylation is 2. The molecule has 1 N–H and O–H groups in total. The molecule has 120 valence electrons. The fourth-order valence-electron chi connectivity index (χ4n) is 2.73. The van der Waals surface area contributed by atoms with Crippen LogP contribution in [0.3, 0.4) is 0 Å². The summed E-state index contributed by atoms with van der Waals surface area (Å²) in [6.45, 7) is 3.94. The van der Waals surface area contributed by atoms with Crippen LogP contribution in [0.4, 0.5) is 0 Å². The van der Waals surface area contributed by atoms with Crippen LogP contribution in [0, 0.1) is 6.92 Å². The molecule has 0 spiro atoms. The molecule has 0 saturated heterocycles. The lowest BCUT2D eigenvalue weighted by Crippen LogP contribution is -2.05. The molecule has 0 heterocycles. The molecule has 0 saturated carbocycles. The third-order valence-corrected chi connectivity index (χ3v) is 4.95. The molecular formula is C17H28O3S. The number of benzene rings is 1. The highest BCUT2D eigenvalue weighted by Crippen LogP contribution is 2.22. The van der Waals surface area contributed by atoms with Gasteiger partial charge in [0.1, 0.15) is 0 Å². The van der Waals surface area contributed by atoms with Crippen molar-refractivity contribution < 1.29 is 13.0 Å². The molecule has 0 bridgehead atoms. The smallest absolute Gasteiger partial charge is 0.282 e. The van der Waals surface area contributed by atoms with Gasteiger partial charge in [-0.3, -0.25) is 4.55 Å². The molecule has 0 radical (unpaired) electrons. The molecule has 1 aromatic carbocycles. The maximum atomic E-state index is 11.5. The molecule has 0 unspecified atom stereocenters. The topological polar surface area (TPSA) is 54.4 Å². The fourth-order valence-corrected chi connectivity index (χ4v) is 3.70. The van der Waals surface area contributed by atoms with E-state index in [9.17, 15) is 13.0 Å². The Morgan fingerprint density at radius 3 is 2.10 bits per heavy atom. The van der Waals surface area contributed by atoms with E-state index in [0.29, 0.717) is 12.0 Å². The van der Waals surface area contributed by atoms with Gasteiger partial charge in [-0.1, -0.05) is 70.1 Å². The van der Waals surface area contributed by atoms with E-state index in [1.807, 2.05) is 6.07 Å². The summed E-state index contributed by atoms with van der Waals surface area (Å²) >= 11 is 0. The van der Waals surface area contributed by atoms with Gasteiger partial charge < -0.3 is 0 Å². The first-order valence-electron chi connectivity index (χ1n) is 8.02. The standard InChI is InChI=1S/C17H28O3S/c1-3-4-5-6-7-8-9-10-13-16-14-11-12-15(2)17(16)21(18,19)20/h11-12,14H,3-10,13H2,1-2H3,(H,18,19,20). The van der Waals surface area contributed by atoms with E-state index in [2.05, 4.69) is 6.92 Å². The summed E-state index contributed by atoms with van der Waals surface area (Å²) in [4.78, 5) is 0.105. The number of rotatable bonds is 10. The summed E-state index contributed by atoms with van der Waals surface area (Å²) in [6.07, 6.45) is 10.5. The van der Waals surface area contributed by atoms with Crippen molar-refractivity contribution in [2.24, 2.45) is 0 Å². The predicted octanol–water partition coefficient (Wildman–Crippen LogP) is 4.92. The monoisotopic (exact) mass is 312 g/mol. The second-order valence-corrected chi connectivity index (χ2v) is 7.12. The fraction of sp³-hybridized carbons (Fsp3) is 0.647. The Morgan fingerprint density at radius 2 is 1.52 bits per heavy atom. The van der Waals surface area contributed by atoms with Crippen molar-refractivity contribution in [3.05, 3.63) is 29.3 Å². The lowest BCUT2D eigenvalue weighted by Gasteiger charge is -2.10. The van der Waals surface area contributed by atoms with Gasteiger partial charge in [-0.05, 0) is 30.9 Å². The maximum absolute atomic E-state index is 11.5. The van der Waals surface area contributed by atoms with Gasteiger partial charge in [0.25, 0.3) is 10.1 Å². The van der Waals surface area contributed by atoms with E-state index >= 15 is 0 Å². The summed E-state index contributed by atoms with van der Waals surface area (Å²) in [6, 6.07) is 5.38. The molecular weight excluding hydrogens is 284 g/mol. The third kappa shape index (κ3) is 6.62. The third-order valence-electron chi connectivity index (χ3n) is 3.85. The van der Waals surface area contributed by atoms with Gasteiger partial charge in [-0.25, -0.2) is 0 Å². The highest BCUT2D eigenvalue weighted by molar-refractivity contribution is 7.86. The summed E-state index contributed by atoms with van der Waals surface area (Å²) in [5, 5.41) is 0. The van der Waals surface area contributed by atoms with Crippen molar-refractivity contribution >= 4 is 10.1 Å². The first-order valence-corrected chi connectivity index (χ1v) is 9.46. The van der Waals surface area contributed by atoms with Gasteiger partial charge in [0, 0.05) is 0 Å². The molecule has 1 aromatic rings. The molecule has 0 amide bonds. The number of hydrogen-bond acceptors (Lipinski definition) is 2. The minimum atomic E-state index is -4.12. The lowest BCUT2D eigenvalue weighted by atomic mass is 10.0. The molecule has 21 heavy (non-hydrogen) atoms. The maximum Gasteiger partial charge on any atom is 0.295 e. The minimum Gasteiger partial charge on any atom is -0.282 e. The van der Waals surface area contributed by atoms with Crippen molar-refractivity contribution in [3.8, 4) is 0 Å². The van der Waals surface area contributed by atoms with Gasteiger partial charge in [0.2, 0.25) is 0 Å². The molecule has 0 atom stereocenters. The van der Waals surface area contributed by atoms with Crippen molar-refractivity contribution in [3.63, 3.8) is 0 Å². The predicted molar refractivity (Wildman–Crippen MR) is 87.3 cm³/mol. The minimum absolute atomic E-state index is 0.105. The van der Waals surface area contributed by atoms with E-state index in [4.69, 9.17) is 0 Å². The first-order chi connectivity index (χ1) is 9.96. The summed E-state index contributed by atoms with van der Waals surface area (Å²) < 4.78 is 32.3. The Morgan fingerprint density at radius 1 is 0.952 bits per heavy atom. The van der Waals surface area contributed by atoms with Crippen LogP contribution in [0.25, 0.3) is 0 Å². The average Bonchev–Trinajstić information content (AvgIpc) is 2.40. The van der Waals surface area contributed by atoms with Gasteiger partial charge >= 0.3 is 0 Å². The average molecular weight is 312 g/mol. The zero-order valence-corrected chi connectivity index (χ0v) is 14.1. The van der Waals surface area contributed by atoms with Crippen molar-refractivity contribution in [1.29, 1.82) is 0 Å². The Bertz CT molecular complexity index is 521. The van der Waals surface area contributed by atoms with E-state index in [1.54, 1.807) is 19.1 Å². The lowest BCUT2D eigenvalue weighted by molar-refractivity contribution is 0.481. The molecule has 0 aliphatic rings. The van der Waals surface area contributed by atoms with E-state index in [1.165, 1.54) is 38.5 Å². The summed E-state index contributed by atoms with van der Waals surface area (Å²) in [5.74, 6) is 0. The van der Waals surface area contributed by atoms with E-state index in [0.717, 1.165) is 18.4 Å². The molecule has 1 rings (SSSR count). The number of unbranched alkanes of at least 4 members (excludes halogenated alkanes) is 7. The van der Waals surface area contributed by atoms with Crippen LogP contribution in [0.1, 0.15) is 69.4 Å². The molecule has 3 nitrogen and oxygen atoms in total. The van der Waals surface area contributed by atoms with Gasteiger partial charge in [-0.2, -0.15) is 8.42 Å². The molecule has 0 aliphatic heterocycles. The van der Waals surface area contributed by atoms with Crippen molar-refractivity contribution in [1.82, 2.24) is 0 Å². The SMILES string of the molecule is CCCCCCCCCCc1cccc(C)c1S(=O)(=O)O.